The fraction of sp³-hybridized carbons (Fsp3) is 0.182. The minimum absolute atomic E-state index is 0.0811. The van der Waals surface area contributed by atoms with Crippen LogP contribution in [0, 0.1) is 0 Å². The largest absolute Gasteiger partial charge is 0.496 e. The molecule has 0 aliphatic rings. The number of halogens is 1. The zero-order chi connectivity index (χ0) is 22.8. The second kappa shape index (κ2) is 11.5. The van der Waals surface area contributed by atoms with Crippen LogP contribution in [0.3, 0.4) is 0 Å². The molecule has 0 spiro atoms. The molecule has 2 aromatic carbocycles. The van der Waals surface area contributed by atoms with Crippen LogP contribution in [0.4, 0.5) is 4.79 Å². The van der Waals surface area contributed by atoms with Gasteiger partial charge in [0.1, 0.15) is 18.4 Å². The molecule has 166 valence electrons. The van der Waals surface area contributed by atoms with Gasteiger partial charge >= 0.3 is 6.09 Å². The molecule has 0 unspecified atom stereocenters. The lowest BCUT2D eigenvalue weighted by Gasteiger charge is -2.16. The van der Waals surface area contributed by atoms with Crippen molar-refractivity contribution >= 4 is 29.8 Å². The minimum Gasteiger partial charge on any atom is -0.496 e. The summed E-state index contributed by atoms with van der Waals surface area (Å²) < 4.78 is 10.5. The number of nitrogens with zero attached hydrogens (tertiary/aromatic N) is 2. The van der Waals surface area contributed by atoms with E-state index < -0.39 is 18.0 Å². The maximum atomic E-state index is 12.7. The summed E-state index contributed by atoms with van der Waals surface area (Å²) in [5.74, 6) is 0.0116. The molecule has 1 aromatic heterocycles. The van der Waals surface area contributed by atoms with E-state index >= 15 is 0 Å². The van der Waals surface area contributed by atoms with Gasteiger partial charge in [-0.3, -0.25) is 4.79 Å². The number of aromatic amines is 1. The number of hydrazone groups is 1. The van der Waals surface area contributed by atoms with Crippen LogP contribution in [0.15, 0.2) is 66.2 Å². The monoisotopic (exact) mass is 455 g/mol. The van der Waals surface area contributed by atoms with E-state index in [4.69, 9.17) is 21.1 Å². The number of H-pyrrole nitrogens is 1. The standard InChI is InChI=1S/C22H22ClN5O4/c1-31-20-8-7-17(23)9-16(20)11-26-28-21(29)19(10-18-12-24-14-25-18)27-22(30)32-13-15-5-3-2-4-6-15/h2-9,11-12,14,19H,10,13H2,1H3,(H,24,25)(H,27,30)(H,28,29)/b26-11-/t19-/m1/s1. The number of ether oxygens (including phenoxy) is 2. The summed E-state index contributed by atoms with van der Waals surface area (Å²) in [4.78, 5) is 31.8. The molecule has 2 amide bonds. The lowest BCUT2D eigenvalue weighted by atomic mass is 10.1. The number of benzene rings is 2. The maximum Gasteiger partial charge on any atom is 0.408 e. The van der Waals surface area contributed by atoms with Gasteiger partial charge in [0.15, 0.2) is 0 Å². The Kier molecular flexibility index (Phi) is 8.22. The number of amides is 2. The summed E-state index contributed by atoms with van der Waals surface area (Å²) >= 11 is 6.00. The molecular formula is C22H22ClN5O4. The fourth-order valence-electron chi connectivity index (χ4n) is 2.78. The first-order valence-corrected chi connectivity index (χ1v) is 10.0. The van der Waals surface area contributed by atoms with E-state index in [0.717, 1.165) is 5.56 Å². The molecular weight excluding hydrogens is 434 g/mol. The Balaban J connectivity index is 1.63. The highest BCUT2D eigenvalue weighted by molar-refractivity contribution is 6.30. The molecule has 0 bridgehead atoms. The quantitative estimate of drug-likeness (QED) is 0.338. The topological polar surface area (TPSA) is 118 Å². The molecule has 3 N–H and O–H groups in total. The van der Waals surface area contributed by atoms with Gasteiger partial charge in [0.2, 0.25) is 0 Å². The molecule has 0 aliphatic carbocycles. The predicted octanol–water partition coefficient (Wildman–Crippen LogP) is 3.06. The van der Waals surface area contributed by atoms with Crippen molar-refractivity contribution in [3.8, 4) is 5.75 Å². The number of hydrogen-bond acceptors (Lipinski definition) is 6. The molecule has 1 atom stereocenters. The Bertz CT molecular complexity index is 1060. The fourth-order valence-corrected chi connectivity index (χ4v) is 2.96. The first kappa shape index (κ1) is 22.8. The van der Waals surface area contributed by atoms with Crippen molar-refractivity contribution in [3.63, 3.8) is 0 Å². The van der Waals surface area contributed by atoms with E-state index in [9.17, 15) is 9.59 Å². The molecule has 0 radical (unpaired) electrons. The third-order valence-corrected chi connectivity index (χ3v) is 4.61. The van der Waals surface area contributed by atoms with Crippen LogP contribution in [0.2, 0.25) is 5.02 Å². The van der Waals surface area contributed by atoms with Gasteiger partial charge in [0.25, 0.3) is 5.91 Å². The lowest BCUT2D eigenvalue weighted by molar-refractivity contribution is -0.123. The number of imidazole rings is 1. The van der Waals surface area contributed by atoms with Crippen LogP contribution >= 0.6 is 11.6 Å². The van der Waals surface area contributed by atoms with Gasteiger partial charge in [-0.2, -0.15) is 5.10 Å². The zero-order valence-electron chi connectivity index (χ0n) is 17.2. The Hall–Kier alpha value is -3.85. The number of aromatic nitrogens is 2. The number of methoxy groups -OCH3 is 1. The third kappa shape index (κ3) is 6.85. The van der Waals surface area contributed by atoms with Gasteiger partial charge in [-0.1, -0.05) is 41.9 Å². The third-order valence-electron chi connectivity index (χ3n) is 4.37. The Morgan fingerprint density at radius 2 is 2.06 bits per heavy atom. The Labute approximate surface area is 189 Å². The molecule has 0 aliphatic heterocycles. The first-order chi connectivity index (χ1) is 15.5. The van der Waals surface area contributed by atoms with Crippen LogP contribution in [-0.2, 0) is 22.6 Å². The van der Waals surface area contributed by atoms with Crippen molar-refractivity contribution in [2.24, 2.45) is 5.10 Å². The van der Waals surface area contributed by atoms with Gasteiger partial charge < -0.3 is 19.8 Å². The first-order valence-electron chi connectivity index (χ1n) is 9.66. The van der Waals surface area contributed by atoms with Crippen LogP contribution < -0.4 is 15.5 Å². The number of carbonyl (C=O) groups is 2. The van der Waals surface area contributed by atoms with Crippen molar-refractivity contribution in [2.45, 2.75) is 19.1 Å². The molecule has 10 heteroatoms. The van der Waals surface area contributed by atoms with Gasteiger partial charge in [0.05, 0.1) is 19.7 Å². The van der Waals surface area contributed by atoms with Crippen LogP contribution in [0.5, 0.6) is 5.75 Å². The average Bonchev–Trinajstić information content (AvgIpc) is 3.31. The van der Waals surface area contributed by atoms with Crippen LogP contribution in [0.25, 0.3) is 0 Å². The average molecular weight is 456 g/mol. The lowest BCUT2D eigenvalue weighted by Crippen LogP contribution is -2.47. The highest BCUT2D eigenvalue weighted by Gasteiger charge is 2.22. The summed E-state index contributed by atoms with van der Waals surface area (Å²) in [6, 6.07) is 13.3. The highest BCUT2D eigenvalue weighted by Crippen LogP contribution is 2.20. The summed E-state index contributed by atoms with van der Waals surface area (Å²) in [5.41, 5.74) is 4.50. The zero-order valence-corrected chi connectivity index (χ0v) is 18.0. The summed E-state index contributed by atoms with van der Waals surface area (Å²) in [5, 5.41) is 7.02. The van der Waals surface area contributed by atoms with Gasteiger partial charge in [-0.15, -0.1) is 0 Å². The molecule has 9 nitrogen and oxygen atoms in total. The van der Waals surface area contributed by atoms with Gasteiger partial charge in [-0.05, 0) is 23.8 Å². The number of nitrogens with one attached hydrogen (secondary N) is 3. The summed E-state index contributed by atoms with van der Waals surface area (Å²) in [7, 11) is 1.52. The molecule has 0 fully saturated rings. The number of alkyl carbamates (subject to hydrolysis) is 1. The van der Waals surface area contributed by atoms with Gasteiger partial charge in [0, 0.05) is 28.9 Å². The SMILES string of the molecule is COc1ccc(Cl)cc1/C=N\NC(=O)[C@@H](Cc1cnc[nH]1)NC(=O)OCc1ccccc1. The molecule has 3 rings (SSSR count). The minimum atomic E-state index is -0.947. The number of carbonyl (C=O) groups excluding carboxylic acids is 2. The summed E-state index contributed by atoms with van der Waals surface area (Å²) in [6.07, 6.45) is 3.90. The van der Waals surface area contributed by atoms with E-state index in [2.05, 4.69) is 25.8 Å². The van der Waals surface area contributed by atoms with Crippen molar-refractivity contribution in [2.75, 3.05) is 7.11 Å². The van der Waals surface area contributed by atoms with Crippen molar-refractivity contribution in [1.82, 2.24) is 20.7 Å². The van der Waals surface area contributed by atoms with Gasteiger partial charge in [-0.25, -0.2) is 15.2 Å². The Morgan fingerprint density at radius 1 is 1.25 bits per heavy atom. The second-order valence-corrected chi connectivity index (χ2v) is 7.10. The molecule has 0 saturated heterocycles. The molecule has 32 heavy (non-hydrogen) atoms. The predicted molar refractivity (Wildman–Crippen MR) is 120 cm³/mol. The molecule has 1 heterocycles. The van der Waals surface area contributed by atoms with Crippen molar-refractivity contribution < 1.29 is 19.1 Å². The maximum absolute atomic E-state index is 12.7. The molecule has 0 saturated carbocycles. The van der Waals surface area contributed by atoms with E-state index in [1.807, 2.05) is 30.3 Å². The normalized spacial score (nSPS) is 11.7. The van der Waals surface area contributed by atoms with Crippen molar-refractivity contribution in [3.05, 3.63) is 82.9 Å². The van der Waals surface area contributed by atoms with Crippen LogP contribution in [0.1, 0.15) is 16.8 Å². The number of rotatable bonds is 9. The van der Waals surface area contributed by atoms with E-state index in [0.29, 0.717) is 22.0 Å². The smallest absolute Gasteiger partial charge is 0.408 e. The van der Waals surface area contributed by atoms with E-state index in [1.165, 1.54) is 19.7 Å². The van der Waals surface area contributed by atoms with E-state index in [-0.39, 0.29) is 13.0 Å². The van der Waals surface area contributed by atoms with Crippen molar-refractivity contribution in [1.29, 1.82) is 0 Å². The second-order valence-electron chi connectivity index (χ2n) is 6.66. The molecule has 3 aromatic rings. The highest BCUT2D eigenvalue weighted by atomic mass is 35.5. The van der Waals surface area contributed by atoms with Crippen LogP contribution in [-0.4, -0.2) is 41.3 Å². The number of hydrogen-bond donors (Lipinski definition) is 3. The Morgan fingerprint density at radius 3 is 2.78 bits per heavy atom. The summed E-state index contributed by atoms with van der Waals surface area (Å²) in [6.45, 7) is 0.0811. The van der Waals surface area contributed by atoms with E-state index in [1.54, 1.807) is 24.4 Å².